The van der Waals surface area contributed by atoms with Crippen LogP contribution in [0.25, 0.3) is 0 Å². The molecule has 0 aliphatic rings. The fourth-order valence-electron chi connectivity index (χ4n) is 1.22. The highest BCUT2D eigenvalue weighted by Crippen LogP contribution is 2.27. The van der Waals surface area contributed by atoms with Crippen molar-refractivity contribution in [2.24, 2.45) is 5.92 Å². The van der Waals surface area contributed by atoms with Gasteiger partial charge in [-0.3, -0.25) is 15.1 Å². The van der Waals surface area contributed by atoms with Gasteiger partial charge in [-0.1, -0.05) is 36.9 Å². The number of amides is 1. The van der Waals surface area contributed by atoms with Gasteiger partial charge in [-0.05, 0) is 18.1 Å². The Morgan fingerprint density at radius 3 is 3.00 bits per heavy atom. The van der Waals surface area contributed by atoms with E-state index in [2.05, 4.69) is 34.3 Å². The fraction of sp³-hybridized carbons (Fsp3) is 0.333. The van der Waals surface area contributed by atoms with Crippen LogP contribution in [-0.2, 0) is 0 Å². The molecule has 7 heteroatoms. The number of pyridine rings is 1. The van der Waals surface area contributed by atoms with Crippen molar-refractivity contribution in [3.63, 3.8) is 0 Å². The SMILES string of the molecule is CC(C)CSc1nnc(NC(=O)c2cccnc2)s1. The molecule has 19 heavy (non-hydrogen) atoms. The predicted octanol–water partition coefficient (Wildman–Crippen LogP) is 2.93. The van der Waals surface area contributed by atoms with Gasteiger partial charge in [-0.2, -0.15) is 0 Å². The zero-order valence-electron chi connectivity index (χ0n) is 10.7. The van der Waals surface area contributed by atoms with Gasteiger partial charge < -0.3 is 0 Å². The molecule has 0 fully saturated rings. The Labute approximate surface area is 119 Å². The molecule has 0 unspecified atom stereocenters. The number of hydrogen-bond acceptors (Lipinski definition) is 6. The van der Waals surface area contributed by atoms with E-state index >= 15 is 0 Å². The maximum Gasteiger partial charge on any atom is 0.259 e. The van der Waals surface area contributed by atoms with Crippen LogP contribution in [0, 0.1) is 5.92 Å². The molecule has 1 N–H and O–H groups in total. The van der Waals surface area contributed by atoms with Crippen molar-refractivity contribution in [1.82, 2.24) is 15.2 Å². The number of nitrogens with zero attached hydrogens (tertiary/aromatic N) is 3. The molecule has 2 aromatic rings. The highest BCUT2D eigenvalue weighted by molar-refractivity contribution is 8.01. The number of nitrogens with one attached hydrogen (secondary N) is 1. The summed E-state index contributed by atoms with van der Waals surface area (Å²) >= 11 is 3.04. The lowest BCUT2D eigenvalue weighted by Gasteiger charge is -2.00. The van der Waals surface area contributed by atoms with Crippen LogP contribution in [0.15, 0.2) is 28.9 Å². The molecule has 0 saturated carbocycles. The number of carbonyl (C=O) groups excluding carboxylic acids is 1. The summed E-state index contributed by atoms with van der Waals surface area (Å²) in [7, 11) is 0. The maximum atomic E-state index is 11.9. The zero-order valence-corrected chi connectivity index (χ0v) is 12.3. The summed E-state index contributed by atoms with van der Waals surface area (Å²) < 4.78 is 0.871. The summed E-state index contributed by atoms with van der Waals surface area (Å²) in [6, 6.07) is 3.43. The van der Waals surface area contributed by atoms with Gasteiger partial charge in [0.05, 0.1) is 5.56 Å². The summed E-state index contributed by atoms with van der Waals surface area (Å²) in [5.74, 6) is 1.37. The molecule has 0 spiro atoms. The Hall–Kier alpha value is -1.47. The molecule has 0 aromatic carbocycles. The van der Waals surface area contributed by atoms with Gasteiger partial charge in [-0.25, -0.2) is 0 Å². The van der Waals surface area contributed by atoms with Crippen LogP contribution >= 0.6 is 23.1 Å². The van der Waals surface area contributed by atoms with E-state index < -0.39 is 0 Å². The van der Waals surface area contributed by atoms with Crippen LogP contribution in [0.4, 0.5) is 5.13 Å². The Morgan fingerprint density at radius 2 is 2.32 bits per heavy atom. The molecule has 2 rings (SSSR count). The molecule has 100 valence electrons. The minimum atomic E-state index is -0.218. The molecule has 0 radical (unpaired) electrons. The lowest BCUT2D eigenvalue weighted by atomic mass is 10.3. The molecule has 2 aromatic heterocycles. The van der Waals surface area contributed by atoms with E-state index in [4.69, 9.17) is 0 Å². The zero-order chi connectivity index (χ0) is 13.7. The van der Waals surface area contributed by atoms with Crippen LogP contribution in [-0.4, -0.2) is 26.8 Å². The third kappa shape index (κ3) is 4.29. The largest absolute Gasteiger partial charge is 0.296 e. The van der Waals surface area contributed by atoms with Crippen molar-refractivity contribution < 1.29 is 4.79 Å². The normalized spacial score (nSPS) is 10.7. The molecule has 0 saturated heterocycles. The summed E-state index contributed by atoms with van der Waals surface area (Å²) in [5.41, 5.74) is 0.508. The first-order valence-electron chi connectivity index (χ1n) is 5.83. The van der Waals surface area contributed by atoms with Crippen LogP contribution in [0.1, 0.15) is 24.2 Å². The lowest BCUT2D eigenvalue weighted by molar-refractivity contribution is 0.102. The number of aromatic nitrogens is 3. The summed E-state index contributed by atoms with van der Waals surface area (Å²) in [4.78, 5) is 15.8. The number of rotatable bonds is 5. The van der Waals surface area contributed by atoms with Crippen LogP contribution in [0.2, 0.25) is 0 Å². The van der Waals surface area contributed by atoms with Gasteiger partial charge >= 0.3 is 0 Å². The number of carbonyl (C=O) groups is 1. The van der Waals surface area contributed by atoms with E-state index in [1.165, 1.54) is 17.5 Å². The van der Waals surface area contributed by atoms with E-state index in [9.17, 15) is 4.79 Å². The summed E-state index contributed by atoms with van der Waals surface area (Å²) in [5, 5.41) is 11.2. The highest BCUT2D eigenvalue weighted by atomic mass is 32.2. The molecule has 0 aliphatic carbocycles. The van der Waals surface area contributed by atoms with Gasteiger partial charge in [0.25, 0.3) is 5.91 Å². The van der Waals surface area contributed by atoms with E-state index in [1.54, 1.807) is 30.1 Å². The van der Waals surface area contributed by atoms with Gasteiger partial charge in [0.2, 0.25) is 5.13 Å². The number of anilines is 1. The second kappa shape index (κ2) is 6.63. The Bertz CT molecular complexity index is 542. The van der Waals surface area contributed by atoms with Crippen molar-refractivity contribution in [3.8, 4) is 0 Å². The quantitative estimate of drug-likeness (QED) is 0.678. The van der Waals surface area contributed by atoms with Crippen LogP contribution < -0.4 is 5.32 Å². The topological polar surface area (TPSA) is 67.8 Å². The summed E-state index contributed by atoms with van der Waals surface area (Å²) in [6.07, 6.45) is 3.15. The van der Waals surface area contributed by atoms with Crippen molar-refractivity contribution in [2.75, 3.05) is 11.1 Å². The second-order valence-electron chi connectivity index (χ2n) is 4.27. The fourth-order valence-corrected chi connectivity index (χ4v) is 2.95. The van der Waals surface area contributed by atoms with Crippen LogP contribution in [0.3, 0.4) is 0 Å². The first-order chi connectivity index (χ1) is 9.15. The van der Waals surface area contributed by atoms with E-state index in [-0.39, 0.29) is 5.91 Å². The minimum Gasteiger partial charge on any atom is -0.296 e. The minimum absolute atomic E-state index is 0.218. The molecule has 1 amide bonds. The summed E-state index contributed by atoms with van der Waals surface area (Å²) in [6.45, 7) is 4.30. The van der Waals surface area contributed by atoms with Gasteiger partial charge in [0.1, 0.15) is 0 Å². The van der Waals surface area contributed by atoms with E-state index in [0.717, 1.165) is 10.1 Å². The first kappa shape index (κ1) is 14.0. The monoisotopic (exact) mass is 294 g/mol. The molecule has 5 nitrogen and oxygen atoms in total. The van der Waals surface area contributed by atoms with Gasteiger partial charge in [0.15, 0.2) is 4.34 Å². The molecule has 0 atom stereocenters. The maximum absolute atomic E-state index is 11.9. The molecular weight excluding hydrogens is 280 g/mol. The average molecular weight is 294 g/mol. The smallest absolute Gasteiger partial charge is 0.259 e. The van der Waals surface area contributed by atoms with Crippen LogP contribution in [0.5, 0.6) is 0 Å². The molecule has 0 bridgehead atoms. The van der Waals surface area contributed by atoms with Gasteiger partial charge in [-0.15, -0.1) is 10.2 Å². The van der Waals surface area contributed by atoms with E-state index in [1.807, 2.05) is 0 Å². The second-order valence-corrected chi connectivity index (χ2v) is 6.52. The Kier molecular flexibility index (Phi) is 4.86. The Balaban J connectivity index is 1.95. The lowest BCUT2D eigenvalue weighted by Crippen LogP contribution is -2.11. The number of thioether (sulfide) groups is 1. The molecular formula is C12H14N4OS2. The third-order valence-corrected chi connectivity index (χ3v) is 4.49. The molecule has 0 aliphatic heterocycles. The van der Waals surface area contributed by atoms with Crippen molar-refractivity contribution in [3.05, 3.63) is 30.1 Å². The van der Waals surface area contributed by atoms with Crippen molar-refractivity contribution >= 4 is 34.1 Å². The van der Waals surface area contributed by atoms with Crippen molar-refractivity contribution in [1.29, 1.82) is 0 Å². The predicted molar refractivity (Wildman–Crippen MR) is 77.7 cm³/mol. The first-order valence-corrected chi connectivity index (χ1v) is 7.63. The standard InChI is InChI=1S/C12H14N4OS2/c1-8(2)7-18-12-16-15-11(19-12)14-10(17)9-4-3-5-13-6-9/h3-6,8H,7H2,1-2H3,(H,14,15,17). The van der Waals surface area contributed by atoms with E-state index in [0.29, 0.717) is 16.6 Å². The Morgan fingerprint density at radius 1 is 1.47 bits per heavy atom. The van der Waals surface area contributed by atoms with Crippen molar-refractivity contribution in [2.45, 2.75) is 18.2 Å². The highest BCUT2D eigenvalue weighted by Gasteiger charge is 2.10. The van der Waals surface area contributed by atoms with Gasteiger partial charge in [0, 0.05) is 18.1 Å². The average Bonchev–Trinajstić information content (AvgIpc) is 2.85. The third-order valence-electron chi connectivity index (χ3n) is 2.09. The molecule has 2 heterocycles. The number of hydrogen-bond donors (Lipinski definition) is 1.